The lowest BCUT2D eigenvalue weighted by Crippen LogP contribution is -2.27. The molecule has 0 bridgehead atoms. The highest BCUT2D eigenvalue weighted by atomic mass is 16.5. The molecule has 0 radical (unpaired) electrons. The maximum absolute atomic E-state index is 11.1. The number of ether oxygens (including phenoxy) is 1. The molecule has 1 aliphatic carbocycles. The molecule has 1 unspecified atom stereocenters. The van der Waals surface area contributed by atoms with Crippen LogP contribution >= 0.6 is 0 Å². The number of rotatable bonds is 6. The highest BCUT2D eigenvalue weighted by Crippen LogP contribution is 2.29. The van der Waals surface area contributed by atoms with Crippen LogP contribution in [0.25, 0.3) is 0 Å². The summed E-state index contributed by atoms with van der Waals surface area (Å²) in [6.07, 6.45) is 14.4. The van der Waals surface area contributed by atoms with Gasteiger partial charge in [-0.05, 0) is 31.6 Å². The topological polar surface area (TPSA) is 38.7 Å². The van der Waals surface area contributed by atoms with E-state index in [1.165, 1.54) is 39.0 Å². The predicted molar refractivity (Wildman–Crippen MR) is 74.6 cm³/mol. The monoisotopic (exact) mass is 249 g/mol. The summed E-state index contributed by atoms with van der Waals surface area (Å²) >= 11 is 0. The Labute approximate surface area is 110 Å². The molecule has 0 heterocycles. The van der Waals surface area contributed by atoms with Gasteiger partial charge in [0.2, 0.25) is 0 Å². The van der Waals surface area contributed by atoms with Gasteiger partial charge in [-0.15, -0.1) is 0 Å². The van der Waals surface area contributed by atoms with Crippen LogP contribution in [0, 0.1) is 5.92 Å². The summed E-state index contributed by atoms with van der Waals surface area (Å²) in [6.45, 7) is 4.85. The minimum absolute atomic E-state index is 0.0316. The number of carbonyl (C=O) groups is 1. The summed E-state index contributed by atoms with van der Waals surface area (Å²) in [7, 11) is 0. The van der Waals surface area contributed by atoms with Gasteiger partial charge in [0.1, 0.15) is 6.10 Å². The van der Waals surface area contributed by atoms with E-state index in [0.717, 1.165) is 6.42 Å². The number of hydrogen-bond donors (Lipinski definition) is 0. The molecule has 0 aromatic carbocycles. The van der Waals surface area contributed by atoms with Crippen molar-refractivity contribution in [2.24, 2.45) is 10.9 Å². The molecule has 0 saturated heterocycles. The number of aliphatic imine (C=N–C) groups is 1. The van der Waals surface area contributed by atoms with Crippen LogP contribution in [0.5, 0.6) is 0 Å². The molecule has 100 valence electrons. The Morgan fingerprint density at radius 3 is 2.72 bits per heavy atom. The van der Waals surface area contributed by atoms with E-state index in [9.17, 15) is 4.79 Å². The van der Waals surface area contributed by atoms with Crippen LogP contribution in [-0.4, -0.2) is 18.8 Å². The Hall–Kier alpha value is -1.38. The van der Waals surface area contributed by atoms with Crippen LogP contribution in [-0.2, 0) is 9.53 Å². The Kier molecular flexibility index (Phi) is 7.07. The normalized spacial score (nSPS) is 19.2. The zero-order valence-electron chi connectivity index (χ0n) is 11.2. The molecule has 0 aromatic heterocycles. The summed E-state index contributed by atoms with van der Waals surface area (Å²) in [5, 5.41) is 0. The minimum Gasteiger partial charge on any atom is -0.462 e. The van der Waals surface area contributed by atoms with E-state index in [0.29, 0.717) is 5.92 Å². The van der Waals surface area contributed by atoms with Gasteiger partial charge in [-0.1, -0.05) is 31.4 Å². The standard InChI is InChI=1S/C15H23NO2/c1-13(17)18-15(11-7-4-8-12-16-2)14-9-5-3-6-10-14/h4,7-8,12,14-15H,2-3,5-6,9-11H2,1H3/b7-4-,12-8-. The summed E-state index contributed by atoms with van der Waals surface area (Å²) in [4.78, 5) is 14.8. The SMILES string of the molecule is C=N/C=C\C=C/CC(OC(C)=O)C1CCCCC1. The van der Waals surface area contributed by atoms with Gasteiger partial charge < -0.3 is 4.74 Å². The quantitative estimate of drug-likeness (QED) is 0.409. The van der Waals surface area contributed by atoms with Crippen LogP contribution in [0.3, 0.4) is 0 Å². The van der Waals surface area contributed by atoms with E-state index in [4.69, 9.17) is 4.74 Å². The van der Waals surface area contributed by atoms with Gasteiger partial charge in [0.25, 0.3) is 0 Å². The fourth-order valence-electron chi connectivity index (χ4n) is 2.46. The Bertz CT molecular complexity index is 314. The predicted octanol–water partition coefficient (Wildman–Crippen LogP) is 3.66. The van der Waals surface area contributed by atoms with Gasteiger partial charge in [0, 0.05) is 19.5 Å². The number of hydrogen-bond acceptors (Lipinski definition) is 3. The first kappa shape index (κ1) is 14.7. The molecule has 1 saturated carbocycles. The Morgan fingerprint density at radius 1 is 1.39 bits per heavy atom. The molecule has 18 heavy (non-hydrogen) atoms. The van der Waals surface area contributed by atoms with Crippen LogP contribution in [0.2, 0.25) is 0 Å². The second-order valence-corrected chi connectivity index (χ2v) is 4.73. The van der Waals surface area contributed by atoms with Crippen LogP contribution in [0.1, 0.15) is 45.4 Å². The molecule has 1 fully saturated rings. The van der Waals surface area contributed by atoms with Gasteiger partial charge >= 0.3 is 5.97 Å². The lowest BCUT2D eigenvalue weighted by molar-refractivity contribution is -0.149. The second kappa shape index (κ2) is 8.67. The molecular formula is C15H23NO2. The fourth-order valence-corrected chi connectivity index (χ4v) is 2.46. The van der Waals surface area contributed by atoms with Crippen LogP contribution in [0.4, 0.5) is 0 Å². The van der Waals surface area contributed by atoms with Crippen molar-refractivity contribution >= 4 is 12.7 Å². The van der Waals surface area contributed by atoms with Gasteiger partial charge in [-0.3, -0.25) is 9.79 Å². The van der Waals surface area contributed by atoms with Gasteiger partial charge in [0.05, 0.1) is 0 Å². The molecule has 0 spiro atoms. The molecule has 1 atom stereocenters. The average Bonchev–Trinajstić information content (AvgIpc) is 2.38. The van der Waals surface area contributed by atoms with Crippen molar-refractivity contribution in [1.29, 1.82) is 0 Å². The van der Waals surface area contributed by atoms with Crippen LogP contribution < -0.4 is 0 Å². The van der Waals surface area contributed by atoms with E-state index in [2.05, 4.69) is 11.7 Å². The highest BCUT2D eigenvalue weighted by molar-refractivity contribution is 5.66. The first-order chi connectivity index (χ1) is 8.74. The molecular weight excluding hydrogens is 226 g/mol. The van der Waals surface area contributed by atoms with Crippen LogP contribution in [0.15, 0.2) is 29.4 Å². The first-order valence-corrected chi connectivity index (χ1v) is 6.68. The van der Waals surface area contributed by atoms with Crippen molar-refractivity contribution in [1.82, 2.24) is 0 Å². The molecule has 3 heteroatoms. The third kappa shape index (κ3) is 5.80. The number of allylic oxidation sites excluding steroid dienone is 2. The van der Waals surface area contributed by atoms with Gasteiger partial charge in [-0.2, -0.15) is 0 Å². The minimum atomic E-state index is -0.178. The Balaban J connectivity index is 2.48. The zero-order chi connectivity index (χ0) is 13.2. The largest absolute Gasteiger partial charge is 0.462 e. The third-order valence-electron chi connectivity index (χ3n) is 3.30. The molecule has 0 amide bonds. The number of nitrogens with zero attached hydrogens (tertiary/aromatic N) is 1. The van der Waals surface area contributed by atoms with Crippen molar-refractivity contribution in [3.63, 3.8) is 0 Å². The van der Waals surface area contributed by atoms with Crippen molar-refractivity contribution in [2.45, 2.75) is 51.6 Å². The summed E-state index contributed by atoms with van der Waals surface area (Å²) in [5.74, 6) is 0.344. The molecule has 1 rings (SSSR count). The maximum Gasteiger partial charge on any atom is 0.302 e. The van der Waals surface area contributed by atoms with Gasteiger partial charge in [0.15, 0.2) is 0 Å². The number of esters is 1. The Morgan fingerprint density at radius 2 is 2.11 bits per heavy atom. The van der Waals surface area contributed by atoms with Crippen molar-refractivity contribution in [2.75, 3.05) is 0 Å². The van der Waals surface area contributed by atoms with E-state index >= 15 is 0 Å². The summed E-state index contributed by atoms with van der Waals surface area (Å²) < 4.78 is 5.45. The molecule has 0 aromatic rings. The van der Waals surface area contributed by atoms with E-state index in [-0.39, 0.29) is 12.1 Å². The van der Waals surface area contributed by atoms with Crippen molar-refractivity contribution in [3.05, 3.63) is 24.4 Å². The lowest BCUT2D eigenvalue weighted by atomic mass is 9.84. The smallest absolute Gasteiger partial charge is 0.302 e. The van der Waals surface area contributed by atoms with Crippen molar-refractivity contribution in [3.8, 4) is 0 Å². The highest BCUT2D eigenvalue weighted by Gasteiger charge is 2.24. The third-order valence-corrected chi connectivity index (χ3v) is 3.30. The van der Waals surface area contributed by atoms with E-state index in [1.807, 2.05) is 18.2 Å². The molecule has 3 nitrogen and oxygen atoms in total. The molecule has 0 aliphatic heterocycles. The summed E-state index contributed by atoms with van der Waals surface area (Å²) in [6, 6.07) is 0. The fraction of sp³-hybridized carbons (Fsp3) is 0.600. The molecule has 0 N–H and O–H groups in total. The van der Waals surface area contributed by atoms with Gasteiger partial charge in [-0.25, -0.2) is 0 Å². The van der Waals surface area contributed by atoms with E-state index in [1.54, 1.807) is 6.20 Å². The average molecular weight is 249 g/mol. The lowest BCUT2D eigenvalue weighted by Gasteiger charge is -2.29. The zero-order valence-corrected chi connectivity index (χ0v) is 11.2. The maximum atomic E-state index is 11.1. The number of carbonyl (C=O) groups excluding carboxylic acids is 1. The first-order valence-electron chi connectivity index (χ1n) is 6.68. The molecule has 1 aliphatic rings. The van der Waals surface area contributed by atoms with Crippen molar-refractivity contribution < 1.29 is 9.53 Å². The second-order valence-electron chi connectivity index (χ2n) is 4.73. The van der Waals surface area contributed by atoms with E-state index < -0.39 is 0 Å². The summed E-state index contributed by atoms with van der Waals surface area (Å²) in [5.41, 5.74) is 0.